The van der Waals surface area contributed by atoms with Gasteiger partial charge in [0, 0.05) is 17.6 Å². The molecule has 0 aliphatic rings. The monoisotopic (exact) mass is 195 g/mol. The highest BCUT2D eigenvalue weighted by atomic mass is 32.1. The predicted octanol–water partition coefficient (Wildman–Crippen LogP) is 1.71. The largest absolute Gasteiger partial charge is 0.312 e. The van der Waals surface area contributed by atoms with Crippen molar-refractivity contribution in [1.82, 2.24) is 10.3 Å². The van der Waals surface area contributed by atoms with Crippen molar-refractivity contribution in [2.75, 3.05) is 6.54 Å². The first-order chi connectivity index (χ1) is 6.36. The Balaban J connectivity index is 2.36. The Kier molecular flexibility index (Phi) is 4.44. The van der Waals surface area contributed by atoms with Gasteiger partial charge in [0.2, 0.25) is 0 Å². The smallest absolute Gasteiger partial charge is 0.107 e. The maximum Gasteiger partial charge on any atom is 0.107 e. The number of hydrogen-bond donors (Lipinski definition) is 1. The highest BCUT2D eigenvalue weighted by Crippen LogP contribution is 2.12. The summed E-state index contributed by atoms with van der Waals surface area (Å²) in [6.45, 7) is 4.04. The van der Waals surface area contributed by atoms with E-state index in [1.165, 1.54) is 4.88 Å². The average molecular weight is 195 g/mol. The van der Waals surface area contributed by atoms with E-state index in [2.05, 4.69) is 23.3 Å². The molecular formula is C9H13N3S. The Labute approximate surface area is 82.4 Å². The van der Waals surface area contributed by atoms with Crippen molar-refractivity contribution < 1.29 is 0 Å². The molecule has 0 saturated heterocycles. The van der Waals surface area contributed by atoms with Crippen molar-refractivity contribution in [3.63, 3.8) is 0 Å². The molecule has 0 spiro atoms. The summed E-state index contributed by atoms with van der Waals surface area (Å²) in [6.07, 6.45) is 3.42. The maximum atomic E-state index is 8.44. The minimum Gasteiger partial charge on any atom is -0.312 e. The number of rotatable bonds is 5. The van der Waals surface area contributed by atoms with Crippen LogP contribution in [0, 0.1) is 11.3 Å². The molecule has 0 fully saturated rings. The van der Waals surface area contributed by atoms with E-state index in [4.69, 9.17) is 5.26 Å². The summed E-state index contributed by atoms with van der Waals surface area (Å²) in [5, 5.41) is 12.7. The molecule has 0 unspecified atom stereocenters. The van der Waals surface area contributed by atoms with Crippen LogP contribution in [0.3, 0.4) is 0 Å². The Hall–Kier alpha value is -0.920. The van der Waals surface area contributed by atoms with Crippen LogP contribution in [0.2, 0.25) is 0 Å². The molecule has 1 rings (SSSR count). The summed E-state index contributed by atoms with van der Waals surface area (Å²) >= 11 is 1.61. The standard InChI is InChI=1S/C9H13N3S/c1-2-5-11-6-8-7-12-9(13-8)3-4-10/h7,11H,2-3,5-6H2,1H3. The number of hydrogen-bond acceptors (Lipinski definition) is 4. The lowest BCUT2D eigenvalue weighted by Gasteiger charge is -1.97. The van der Waals surface area contributed by atoms with Gasteiger partial charge in [-0.15, -0.1) is 11.3 Å². The minimum atomic E-state index is 0.429. The topological polar surface area (TPSA) is 48.7 Å². The van der Waals surface area contributed by atoms with Crippen LogP contribution in [0.1, 0.15) is 23.2 Å². The van der Waals surface area contributed by atoms with E-state index in [-0.39, 0.29) is 0 Å². The zero-order valence-corrected chi connectivity index (χ0v) is 8.52. The van der Waals surface area contributed by atoms with Crippen molar-refractivity contribution in [2.45, 2.75) is 26.3 Å². The third-order valence-electron chi connectivity index (χ3n) is 1.56. The molecule has 70 valence electrons. The lowest BCUT2D eigenvalue weighted by atomic mass is 10.4. The molecular weight excluding hydrogens is 182 g/mol. The van der Waals surface area contributed by atoms with E-state index in [1.54, 1.807) is 11.3 Å². The van der Waals surface area contributed by atoms with Crippen LogP contribution in [0.25, 0.3) is 0 Å². The van der Waals surface area contributed by atoms with Gasteiger partial charge >= 0.3 is 0 Å². The van der Waals surface area contributed by atoms with Crippen LogP contribution in [0.4, 0.5) is 0 Å². The van der Waals surface area contributed by atoms with Crippen molar-refractivity contribution >= 4 is 11.3 Å². The zero-order chi connectivity index (χ0) is 9.52. The molecule has 3 nitrogen and oxygen atoms in total. The molecule has 1 aromatic rings. The van der Waals surface area contributed by atoms with Gasteiger partial charge in [-0.1, -0.05) is 6.92 Å². The summed E-state index contributed by atoms with van der Waals surface area (Å²) in [5.74, 6) is 0. The Morgan fingerprint density at radius 1 is 1.69 bits per heavy atom. The van der Waals surface area contributed by atoms with Gasteiger partial charge in [0.15, 0.2) is 0 Å². The van der Waals surface area contributed by atoms with Gasteiger partial charge in [-0.2, -0.15) is 5.26 Å². The van der Waals surface area contributed by atoms with E-state index >= 15 is 0 Å². The fourth-order valence-corrected chi connectivity index (χ4v) is 1.79. The Bertz CT molecular complexity index is 287. The van der Waals surface area contributed by atoms with Gasteiger partial charge in [-0.25, -0.2) is 4.98 Å². The van der Waals surface area contributed by atoms with Gasteiger partial charge in [0.05, 0.1) is 12.5 Å². The van der Waals surface area contributed by atoms with E-state index in [0.29, 0.717) is 6.42 Å². The number of aromatic nitrogens is 1. The molecule has 1 heterocycles. The second-order valence-corrected chi connectivity index (χ2v) is 3.93. The van der Waals surface area contributed by atoms with Crippen LogP contribution in [0.5, 0.6) is 0 Å². The van der Waals surface area contributed by atoms with Gasteiger partial charge in [-0.05, 0) is 13.0 Å². The lowest BCUT2D eigenvalue weighted by molar-refractivity contribution is 0.681. The summed E-state index contributed by atoms with van der Waals surface area (Å²) in [7, 11) is 0. The molecule has 0 aliphatic carbocycles. The molecule has 4 heteroatoms. The van der Waals surface area contributed by atoms with E-state index in [0.717, 1.165) is 24.5 Å². The van der Waals surface area contributed by atoms with Crippen LogP contribution in [-0.4, -0.2) is 11.5 Å². The SMILES string of the molecule is CCCNCc1cnc(CC#N)s1. The first-order valence-corrected chi connectivity index (χ1v) is 5.19. The van der Waals surface area contributed by atoms with E-state index in [1.807, 2.05) is 6.20 Å². The molecule has 0 aromatic carbocycles. The maximum absolute atomic E-state index is 8.44. The van der Waals surface area contributed by atoms with Crippen LogP contribution in [0.15, 0.2) is 6.20 Å². The fourth-order valence-electron chi connectivity index (χ4n) is 0.967. The van der Waals surface area contributed by atoms with Gasteiger partial charge in [-0.3, -0.25) is 0 Å². The third kappa shape index (κ3) is 3.53. The van der Waals surface area contributed by atoms with Crippen LogP contribution < -0.4 is 5.32 Å². The Morgan fingerprint density at radius 3 is 3.23 bits per heavy atom. The van der Waals surface area contributed by atoms with Crippen molar-refractivity contribution in [3.8, 4) is 6.07 Å². The lowest BCUT2D eigenvalue weighted by Crippen LogP contribution is -2.12. The summed E-state index contributed by atoms with van der Waals surface area (Å²) in [4.78, 5) is 5.35. The molecule has 0 bridgehead atoms. The second-order valence-electron chi connectivity index (χ2n) is 2.73. The molecule has 1 N–H and O–H groups in total. The van der Waals surface area contributed by atoms with E-state index in [9.17, 15) is 0 Å². The highest BCUT2D eigenvalue weighted by molar-refractivity contribution is 7.11. The second kappa shape index (κ2) is 5.68. The molecule has 0 saturated carbocycles. The van der Waals surface area contributed by atoms with Gasteiger partial charge < -0.3 is 5.32 Å². The van der Waals surface area contributed by atoms with Crippen molar-refractivity contribution in [3.05, 3.63) is 16.1 Å². The van der Waals surface area contributed by atoms with Crippen molar-refractivity contribution in [2.24, 2.45) is 0 Å². The molecule has 1 aromatic heterocycles. The molecule has 0 atom stereocenters. The van der Waals surface area contributed by atoms with Crippen LogP contribution >= 0.6 is 11.3 Å². The molecule has 13 heavy (non-hydrogen) atoms. The number of nitrogens with one attached hydrogen (secondary N) is 1. The number of thiazole rings is 1. The fraction of sp³-hybridized carbons (Fsp3) is 0.556. The number of nitrogens with zero attached hydrogens (tertiary/aromatic N) is 2. The van der Waals surface area contributed by atoms with Crippen LogP contribution in [-0.2, 0) is 13.0 Å². The highest BCUT2D eigenvalue weighted by Gasteiger charge is 1.99. The normalized spacial score (nSPS) is 9.85. The number of nitriles is 1. The molecule has 0 amide bonds. The first kappa shape index (κ1) is 10.2. The Morgan fingerprint density at radius 2 is 2.54 bits per heavy atom. The summed E-state index contributed by atoms with van der Waals surface area (Å²) < 4.78 is 0. The molecule has 0 radical (unpaired) electrons. The summed E-state index contributed by atoms with van der Waals surface area (Å²) in [5.41, 5.74) is 0. The van der Waals surface area contributed by atoms with Crippen molar-refractivity contribution in [1.29, 1.82) is 5.26 Å². The van der Waals surface area contributed by atoms with Gasteiger partial charge in [0.25, 0.3) is 0 Å². The quantitative estimate of drug-likeness (QED) is 0.728. The zero-order valence-electron chi connectivity index (χ0n) is 7.71. The van der Waals surface area contributed by atoms with E-state index < -0.39 is 0 Å². The minimum absolute atomic E-state index is 0.429. The summed E-state index contributed by atoms with van der Waals surface area (Å²) in [6, 6.07) is 2.09. The van der Waals surface area contributed by atoms with Gasteiger partial charge in [0.1, 0.15) is 5.01 Å². The molecule has 0 aliphatic heterocycles. The first-order valence-electron chi connectivity index (χ1n) is 4.38. The predicted molar refractivity (Wildman–Crippen MR) is 53.4 cm³/mol. The average Bonchev–Trinajstić information content (AvgIpc) is 2.54. The third-order valence-corrected chi connectivity index (χ3v) is 2.56.